The van der Waals surface area contributed by atoms with Crippen molar-refractivity contribution in [2.24, 2.45) is 4.99 Å². The molecule has 0 fully saturated rings. The van der Waals surface area contributed by atoms with E-state index in [1.807, 2.05) is 18.2 Å². The molecule has 1 atom stereocenters. The largest absolute Gasteiger partial charge is 0.346 e. The van der Waals surface area contributed by atoms with Gasteiger partial charge in [-0.1, -0.05) is 97.1 Å². The Bertz CT molecular complexity index is 1760. The molecule has 0 saturated carbocycles. The Labute approximate surface area is 202 Å². The molecule has 0 spiro atoms. The van der Waals surface area contributed by atoms with Crippen molar-refractivity contribution in [3.63, 3.8) is 0 Å². The molecule has 0 saturated heterocycles. The maximum Gasteiger partial charge on any atom is 0.201 e. The summed E-state index contributed by atoms with van der Waals surface area (Å²) in [6.07, 6.45) is 1.82. The highest BCUT2D eigenvalue weighted by Gasteiger charge is 2.23. The Morgan fingerprint density at radius 2 is 1.34 bits per heavy atom. The van der Waals surface area contributed by atoms with E-state index < -0.39 is 0 Å². The fourth-order valence-electron chi connectivity index (χ4n) is 4.96. The summed E-state index contributed by atoms with van der Waals surface area (Å²) in [6.45, 7) is 0. The first kappa shape index (κ1) is 19.7. The molecule has 6 aromatic rings. The molecule has 1 aliphatic heterocycles. The first-order valence-electron chi connectivity index (χ1n) is 11.8. The second kappa shape index (κ2) is 7.96. The third kappa shape index (κ3) is 3.30. The number of hydrogen-bond donors (Lipinski definition) is 1. The molecule has 0 bridgehead atoms. The van der Waals surface area contributed by atoms with Crippen LogP contribution in [0.25, 0.3) is 38.5 Å². The van der Waals surface area contributed by atoms with Gasteiger partial charge >= 0.3 is 0 Å². The van der Waals surface area contributed by atoms with Crippen LogP contribution in [0, 0.1) is 0 Å². The van der Waals surface area contributed by atoms with Crippen LogP contribution in [-0.2, 0) is 0 Å². The highest BCUT2D eigenvalue weighted by molar-refractivity contribution is 6.13. The molecule has 7 rings (SSSR count). The summed E-state index contributed by atoms with van der Waals surface area (Å²) in [5, 5.41) is 5.96. The van der Waals surface area contributed by atoms with E-state index in [-0.39, 0.29) is 6.29 Å². The first-order chi connectivity index (χ1) is 17.3. The Hall–Kier alpha value is -4.70. The van der Waals surface area contributed by atoms with Gasteiger partial charge in [0.05, 0.1) is 27.8 Å². The van der Waals surface area contributed by atoms with E-state index in [4.69, 9.17) is 9.98 Å². The van der Waals surface area contributed by atoms with Crippen LogP contribution in [0.3, 0.4) is 0 Å². The predicted molar refractivity (Wildman–Crippen MR) is 144 cm³/mol. The van der Waals surface area contributed by atoms with Gasteiger partial charge < -0.3 is 5.32 Å². The van der Waals surface area contributed by atoms with Crippen LogP contribution in [0.15, 0.2) is 126 Å². The van der Waals surface area contributed by atoms with Crippen molar-refractivity contribution in [1.29, 1.82) is 0 Å². The number of aromatic nitrogens is 2. The molecule has 4 heteroatoms. The topological polar surface area (TPSA) is 42.2 Å². The number of pyridine rings is 1. The predicted octanol–water partition coefficient (Wildman–Crippen LogP) is 6.93. The van der Waals surface area contributed by atoms with Gasteiger partial charge in [0.2, 0.25) is 6.29 Å². The van der Waals surface area contributed by atoms with Crippen LogP contribution in [0.2, 0.25) is 0 Å². The molecular weight excluding hydrogens is 428 g/mol. The van der Waals surface area contributed by atoms with Crippen molar-refractivity contribution < 1.29 is 0 Å². The van der Waals surface area contributed by atoms with Crippen molar-refractivity contribution in [3.8, 4) is 0 Å². The first-order valence-corrected chi connectivity index (χ1v) is 11.8. The van der Waals surface area contributed by atoms with E-state index in [1.54, 1.807) is 0 Å². The number of fused-ring (bicyclic) bond motifs is 4. The van der Waals surface area contributed by atoms with Gasteiger partial charge in [-0.3, -0.25) is 4.57 Å². The number of allylic oxidation sites excluding steroid dienone is 1. The lowest BCUT2D eigenvalue weighted by Crippen LogP contribution is -2.29. The molecule has 166 valence electrons. The quantitative estimate of drug-likeness (QED) is 0.318. The van der Waals surface area contributed by atoms with E-state index >= 15 is 0 Å². The SMILES string of the molecule is C1=C(c2ccccc2)NC(n2c3ccccc3c3nc4ccccc4cc32)N=C1c1ccccc1. The zero-order valence-corrected chi connectivity index (χ0v) is 19.0. The fourth-order valence-corrected chi connectivity index (χ4v) is 4.96. The molecule has 0 aliphatic carbocycles. The summed E-state index contributed by atoms with van der Waals surface area (Å²) in [5.74, 6) is 0. The second-order valence-electron chi connectivity index (χ2n) is 8.76. The number of nitrogens with zero attached hydrogens (tertiary/aromatic N) is 3. The number of nitrogens with one attached hydrogen (secondary N) is 1. The maximum absolute atomic E-state index is 5.21. The van der Waals surface area contributed by atoms with Crippen molar-refractivity contribution in [1.82, 2.24) is 14.9 Å². The minimum absolute atomic E-state index is 0.323. The molecule has 3 heterocycles. The van der Waals surface area contributed by atoms with Gasteiger partial charge in [-0.15, -0.1) is 0 Å². The Morgan fingerprint density at radius 3 is 2.17 bits per heavy atom. The fraction of sp³-hybridized carbons (Fsp3) is 0.0323. The third-order valence-electron chi connectivity index (χ3n) is 6.61. The van der Waals surface area contributed by atoms with Gasteiger partial charge in [-0.2, -0.15) is 0 Å². The Morgan fingerprint density at radius 1 is 0.657 bits per heavy atom. The molecular formula is C31H22N4. The van der Waals surface area contributed by atoms with E-state index in [0.29, 0.717) is 0 Å². The Balaban J connectivity index is 1.50. The molecule has 4 nitrogen and oxygen atoms in total. The van der Waals surface area contributed by atoms with Crippen LogP contribution in [0.1, 0.15) is 17.4 Å². The minimum atomic E-state index is -0.323. The van der Waals surface area contributed by atoms with Crippen LogP contribution in [-0.4, -0.2) is 15.3 Å². The van der Waals surface area contributed by atoms with Crippen molar-refractivity contribution >= 4 is 44.2 Å². The van der Waals surface area contributed by atoms with Crippen molar-refractivity contribution in [3.05, 3.63) is 132 Å². The third-order valence-corrected chi connectivity index (χ3v) is 6.61. The normalized spacial score (nSPS) is 15.7. The average molecular weight is 451 g/mol. The standard InChI is InChI=1S/C31H22N4/c1-3-11-21(12-4-1)26-20-27(22-13-5-2-6-14-22)34-31(33-26)35-28-18-10-8-16-24(28)30-29(35)19-23-15-7-9-17-25(23)32-30/h1-20,31,33H. The lowest BCUT2D eigenvalue weighted by atomic mass is 10.0. The highest BCUT2D eigenvalue weighted by Crippen LogP contribution is 2.34. The monoisotopic (exact) mass is 450 g/mol. The van der Waals surface area contributed by atoms with Crippen LogP contribution >= 0.6 is 0 Å². The summed E-state index contributed by atoms with van der Waals surface area (Å²) in [7, 11) is 0. The Kier molecular flexibility index (Phi) is 4.49. The van der Waals surface area contributed by atoms with Crippen molar-refractivity contribution in [2.45, 2.75) is 6.29 Å². The number of hydrogen-bond acceptors (Lipinski definition) is 3. The highest BCUT2D eigenvalue weighted by atomic mass is 15.3. The van der Waals surface area contributed by atoms with Crippen LogP contribution in [0.5, 0.6) is 0 Å². The molecule has 0 amide bonds. The second-order valence-corrected chi connectivity index (χ2v) is 8.76. The molecule has 4 aromatic carbocycles. The van der Waals surface area contributed by atoms with Gasteiger partial charge in [0.25, 0.3) is 0 Å². The lowest BCUT2D eigenvalue weighted by Gasteiger charge is -2.27. The van der Waals surface area contributed by atoms with Crippen molar-refractivity contribution in [2.75, 3.05) is 0 Å². The van der Waals surface area contributed by atoms with Gasteiger partial charge in [0.1, 0.15) is 0 Å². The number of rotatable bonds is 3. The molecule has 1 aliphatic rings. The smallest absolute Gasteiger partial charge is 0.201 e. The molecule has 0 radical (unpaired) electrons. The number of aliphatic imine (C=N–C) groups is 1. The van der Waals surface area contributed by atoms with E-state index in [9.17, 15) is 0 Å². The number of benzene rings is 4. The summed E-state index contributed by atoms with van der Waals surface area (Å²) in [5.41, 5.74) is 8.38. The van der Waals surface area contributed by atoms with Gasteiger partial charge in [0.15, 0.2) is 0 Å². The minimum Gasteiger partial charge on any atom is -0.346 e. The summed E-state index contributed by atoms with van der Waals surface area (Å²) >= 11 is 0. The molecule has 1 unspecified atom stereocenters. The van der Waals surface area contributed by atoms with Gasteiger partial charge in [0, 0.05) is 16.5 Å². The van der Waals surface area contributed by atoms with Crippen LogP contribution < -0.4 is 5.32 Å². The van der Waals surface area contributed by atoms with E-state index in [1.165, 1.54) is 0 Å². The van der Waals surface area contributed by atoms with E-state index in [2.05, 4.69) is 113 Å². The molecule has 2 aromatic heterocycles. The zero-order chi connectivity index (χ0) is 23.2. The zero-order valence-electron chi connectivity index (χ0n) is 19.0. The van der Waals surface area contributed by atoms with Gasteiger partial charge in [-0.25, -0.2) is 9.98 Å². The maximum atomic E-state index is 5.21. The lowest BCUT2D eigenvalue weighted by molar-refractivity contribution is 0.508. The summed E-state index contributed by atoms with van der Waals surface area (Å²) in [6, 6.07) is 39.8. The summed E-state index contributed by atoms with van der Waals surface area (Å²) < 4.78 is 2.28. The van der Waals surface area contributed by atoms with Crippen LogP contribution in [0.4, 0.5) is 0 Å². The molecule has 35 heavy (non-hydrogen) atoms. The summed E-state index contributed by atoms with van der Waals surface area (Å²) in [4.78, 5) is 10.3. The van der Waals surface area contributed by atoms with Gasteiger partial charge in [-0.05, 0) is 35.4 Å². The average Bonchev–Trinajstić information content (AvgIpc) is 3.26. The number of para-hydroxylation sites is 2. The molecule has 1 N–H and O–H groups in total. The van der Waals surface area contributed by atoms with E-state index in [0.717, 1.165) is 55.4 Å².